The summed E-state index contributed by atoms with van der Waals surface area (Å²) in [6, 6.07) is 15.2. The predicted molar refractivity (Wildman–Crippen MR) is 130 cm³/mol. The second-order valence-electron chi connectivity index (χ2n) is 8.48. The van der Waals surface area contributed by atoms with Crippen LogP contribution in [0, 0.1) is 0 Å². The highest BCUT2D eigenvalue weighted by molar-refractivity contribution is 5.82. The Kier molecular flexibility index (Phi) is 5.21. The van der Waals surface area contributed by atoms with Gasteiger partial charge in [-0.05, 0) is 49.2 Å². The molecule has 174 valence electrons. The third kappa shape index (κ3) is 4.01. The third-order valence-electron chi connectivity index (χ3n) is 6.22. The summed E-state index contributed by atoms with van der Waals surface area (Å²) in [6.45, 7) is 2.35. The molecule has 1 atom stereocenters. The first-order valence-electron chi connectivity index (χ1n) is 11.5. The molecular weight excluding hydrogens is 442 g/mol. The van der Waals surface area contributed by atoms with Crippen molar-refractivity contribution >= 4 is 16.9 Å². The van der Waals surface area contributed by atoms with Crippen LogP contribution < -0.4 is 4.74 Å². The molecule has 1 fully saturated rings. The topological polar surface area (TPSA) is 102 Å². The summed E-state index contributed by atoms with van der Waals surface area (Å²) in [4.78, 5) is 31.3. The van der Waals surface area contributed by atoms with Gasteiger partial charge in [0.25, 0.3) is 0 Å². The Labute approximate surface area is 201 Å². The monoisotopic (exact) mass is 465 g/mol. The molecule has 1 unspecified atom stereocenters. The van der Waals surface area contributed by atoms with Crippen LogP contribution in [0.15, 0.2) is 73.3 Å². The van der Waals surface area contributed by atoms with E-state index in [1.165, 1.54) is 0 Å². The molecule has 1 aromatic carbocycles. The lowest BCUT2D eigenvalue weighted by atomic mass is 10.0. The smallest absolute Gasteiger partial charge is 0.219 e. The van der Waals surface area contributed by atoms with E-state index in [-0.39, 0.29) is 11.9 Å². The molecule has 1 amide bonds. The number of pyridine rings is 2. The molecule has 9 nitrogen and oxygen atoms in total. The van der Waals surface area contributed by atoms with E-state index in [1.54, 1.807) is 30.2 Å². The second-order valence-corrected chi connectivity index (χ2v) is 8.48. The second kappa shape index (κ2) is 8.68. The fourth-order valence-corrected chi connectivity index (χ4v) is 4.59. The van der Waals surface area contributed by atoms with Gasteiger partial charge in [-0.2, -0.15) is 5.10 Å². The number of aromatic nitrogens is 6. The van der Waals surface area contributed by atoms with Crippen molar-refractivity contribution in [3.8, 4) is 28.8 Å². The number of imidazole rings is 1. The van der Waals surface area contributed by atoms with Crippen molar-refractivity contribution in [3.05, 3.63) is 78.9 Å². The number of carbonyl (C=O) groups is 1. The zero-order valence-electron chi connectivity index (χ0n) is 19.1. The number of aromatic amines is 1. The van der Waals surface area contributed by atoms with Crippen LogP contribution in [-0.4, -0.2) is 47.1 Å². The van der Waals surface area contributed by atoms with Crippen LogP contribution >= 0.6 is 0 Å². The summed E-state index contributed by atoms with van der Waals surface area (Å²) in [5, 5.41) is 4.21. The number of fused-ring (bicyclic) bond motifs is 1. The van der Waals surface area contributed by atoms with Crippen LogP contribution in [-0.2, 0) is 4.79 Å². The molecular formula is C26H23N7O2. The predicted octanol–water partition coefficient (Wildman–Crippen LogP) is 4.68. The number of rotatable bonds is 5. The minimum absolute atomic E-state index is 0.0579. The molecule has 35 heavy (non-hydrogen) atoms. The van der Waals surface area contributed by atoms with Crippen LogP contribution in [0.5, 0.6) is 11.5 Å². The number of H-pyrrole nitrogens is 1. The zero-order chi connectivity index (χ0) is 23.8. The summed E-state index contributed by atoms with van der Waals surface area (Å²) < 4.78 is 8.03. The lowest BCUT2D eigenvalue weighted by Gasteiger charge is -2.25. The van der Waals surface area contributed by atoms with Crippen LogP contribution in [0.25, 0.3) is 28.4 Å². The molecule has 1 aliphatic heterocycles. The highest BCUT2D eigenvalue weighted by atomic mass is 16.5. The van der Waals surface area contributed by atoms with Gasteiger partial charge in [-0.1, -0.05) is 6.07 Å². The molecule has 0 bridgehead atoms. The van der Waals surface area contributed by atoms with E-state index in [2.05, 4.69) is 20.1 Å². The molecule has 9 heteroatoms. The Hall–Kier alpha value is -4.53. The summed E-state index contributed by atoms with van der Waals surface area (Å²) >= 11 is 0. The zero-order valence-corrected chi connectivity index (χ0v) is 19.1. The lowest BCUT2D eigenvalue weighted by molar-refractivity contribution is -0.129. The standard InChI is InChI=1S/C26H23N7O2/c1-17(34)32-12-4-7-23(32)19-14-21-22(31-26(30-21)20-6-2-3-10-27-20)15-24(19)35-18-8-9-25(28-16-18)33-13-5-11-29-33/h2-3,5-6,8-11,13-16,23H,4,7,12H2,1H3,(H,30,31). The third-order valence-corrected chi connectivity index (χ3v) is 6.22. The van der Waals surface area contributed by atoms with E-state index in [9.17, 15) is 4.79 Å². The van der Waals surface area contributed by atoms with Gasteiger partial charge in [-0.25, -0.2) is 14.6 Å². The number of nitrogens with one attached hydrogen (secondary N) is 1. The van der Waals surface area contributed by atoms with Gasteiger partial charge in [0.2, 0.25) is 5.91 Å². The van der Waals surface area contributed by atoms with Crippen molar-refractivity contribution in [1.29, 1.82) is 0 Å². The fourth-order valence-electron chi connectivity index (χ4n) is 4.59. The van der Waals surface area contributed by atoms with Crippen LogP contribution in [0.1, 0.15) is 31.4 Å². The summed E-state index contributed by atoms with van der Waals surface area (Å²) in [7, 11) is 0. The summed E-state index contributed by atoms with van der Waals surface area (Å²) in [5.41, 5.74) is 3.34. The lowest BCUT2D eigenvalue weighted by Crippen LogP contribution is -2.28. The fraction of sp³-hybridized carbons (Fsp3) is 0.192. The molecule has 5 aromatic rings. The first-order valence-corrected chi connectivity index (χ1v) is 11.5. The highest BCUT2D eigenvalue weighted by Crippen LogP contribution is 2.41. The molecule has 4 aromatic heterocycles. The molecule has 0 aliphatic carbocycles. The van der Waals surface area contributed by atoms with Gasteiger partial charge in [0.05, 0.1) is 23.3 Å². The molecule has 1 aliphatic rings. The van der Waals surface area contributed by atoms with E-state index in [0.717, 1.165) is 41.7 Å². The Morgan fingerprint density at radius 2 is 2.06 bits per heavy atom. The average Bonchev–Trinajstić information content (AvgIpc) is 3.65. The van der Waals surface area contributed by atoms with E-state index < -0.39 is 0 Å². The average molecular weight is 466 g/mol. The maximum atomic E-state index is 12.3. The Balaban J connectivity index is 1.41. The number of likely N-dealkylation sites (tertiary alicyclic amines) is 1. The Morgan fingerprint density at radius 3 is 2.80 bits per heavy atom. The van der Waals surface area contributed by atoms with Crippen LogP contribution in [0.4, 0.5) is 0 Å². The first-order chi connectivity index (χ1) is 17.2. The van der Waals surface area contributed by atoms with Crippen molar-refractivity contribution in [3.63, 3.8) is 0 Å². The number of nitrogens with zero attached hydrogens (tertiary/aromatic N) is 6. The highest BCUT2D eigenvalue weighted by Gasteiger charge is 2.31. The van der Waals surface area contributed by atoms with Crippen molar-refractivity contribution < 1.29 is 9.53 Å². The van der Waals surface area contributed by atoms with Crippen molar-refractivity contribution in [1.82, 2.24) is 34.6 Å². The quantitative estimate of drug-likeness (QED) is 0.404. The minimum Gasteiger partial charge on any atom is -0.455 e. The molecule has 0 radical (unpaired) electrons. The number of hydrogen-bond donors (Lipinski definition) is 1. The molecule has 1 N–H and O–H groups in total. The van der Waals surface area contributed by atoms with E-state index >= 15 is 0 Å². The SMILES string of the molecule is CC(=O)N1CCCC1c1cc2[nH]c(-c3ccccn3)nc2cc1Oc1ccc(-n2cccn2)nc1. The van der Waals surface area contributed by atoms with Crippen LogP contribution in [0.3, 0.4) is 0 Å². The number of ether oxygens (including phenoxy) is 1. The van der Waals surface area contributed by atoms with Gasteiger partial charge in [0.1, 0.15) is 17.2 Å². The van der Waals surface area contributed by atoms with E-state index in [0.29, 0.717) is 23.1 Å². The number of hydrogen-bond acceptors (Lipinski definition) is 6. The van der Waals surface area contributed by atoms with Gasteiger partial charge in [0, 0.05) is 43.7 Å². The van der Waals surface area contributed by atoms with Crippen molar-refractivity contribution in [2.45, 2.75) is 25.8 Å². The van der Waals surface area contributed by atoms with Crippen molar-refractivity contribution in [2.24, 2.45) is 0 Å². The molecule has 0 saturated carbocycles. The number of carbonyl (C=O) groups excluding carboxylic acids is 1. The maximum Gasteiger partial charge on any atom is 0.219 e. The molecule has 0 spiro atoms. The van der Waals surface area contributed by atoms with Gasteiger partial charge >= 0.3 is 0 Å². The van der Waals surface area contributed by atoms with Crippen molar-refractivity contribution in [2.75, 3.05) is 6.54 Å². The van der Waals surface area contributed by atoms with E-state index in [4.69, 9.17) is 9.72 Å². The molecule has 1 saturated heterocycles. The maximum absolute atomic E-state index is 12.3. The number of amides is 1. The van der Waals surface area contributed by atoms with Gasteiger partial charge in [-0.3, -0.25) is 9.78 Å². The van der Waals surface area contributed by atoms with Gasteiger partial charge in [-0.15, -0.1) is 0 Å². The summed E-state index contributed by atoms with van der Waals surface area (Å²) in [6.07, 6.45) is 8.78. The van der Waals surface area contributed by atoms with Gasteiger partial charge < -0.3 is 14.6 Å². The van der Waals surface area contributed by atoms with E-state index in [1.807, 2.05) is 59.6 Å². The minimum atomic E-state index is -0.0650. The molecule has 6 rings (SSSR count). The largest absolute Gasteiger partial charge is 0.455 e. The van der Waals surface area contributed by atoms with Gasteiger partial charge in [0.15, 0.2) is 11.6 Å². The van der Waals surface area contributed by atoms with Crippen LogP contribution in [0.2, 0.25) is 0 Å². The normalized spacial score (nSPS) is 15.6. The number of benzene rings is 1. The molecule has 5 heterocycles. The Bertz CT molecular complexity index is 1480. The first kappa shape index (κ1) is 21.0. The Morgan fingerprint density at radius 1 is 1.11 bits per heavy atom. The summed E-state index contributed by atoms with van der Waals surface area (Å²) in [5.74, 6) is 2.69.